The van der Waals surface area contributed by atoms with Crippen molar-refractivity contribution >= 4 is 23.4 Å². The van der Waals surface area contributed by atoms with E-state index >= 15 is 0 Å². The first-order chi connectivity index (χ1) is 9.20. The van der Waals surface area contributed by atoms with Gasteiger partial charge in [0.1, 0.15) is 5.60 Å². The molecule has 1 aliphatic heterocycles. The van der Waals surface area contributed by atoms with Gasteiger partial charge in [0.2, 0.25) is 0 Å². The van der Waals surface area contributed by atoms with Crippen molar-refractivity contribution in [2.24, 2.45) is 0 Å². The fourth-order valence-corrected chi connectivity index (χ4v) is 2.76. The molecule has 0 spiro atoms. The van der Waals surface area contributed by atoms with E-state index in [1.165, 1.54) is 0 Å². The maximum Gasteiger partial charge on any atom is 0.256 e. The Morgan fingerprint density at radius 2 is 2.16 bits per heavy atom. The Morgan fingerprint density at radius 1 is 1.42 bits per heavy atom. The number of methoxy groups -OCH3 is 1. The first kappa shape index (κ1) is 14.4. The molecule has 104 valence electrons. The molecule has 1 fully saturated rings. The minimum absolute atomic E-state index is 0.0465. The number of carbonyl (C=O) groups excluding carboxylic acids is 1. The summed E-state index contributed by atoms with van der Waals surface area (Å²) < 4.78 is 5.51. The van der Waals surface area contributed by atoms with Crippen LogP contribution in [0, 0.1) is 0 Å². The van der Waals surface area contributed by atoms with Crippen molar-refractivity contribution in [1.29, 1.82) is 0 Å². The van der Waals surface area contributed by atoms with Gasteiger partial charge in [0, 0.05) is 17.7 Å². The van der Waals surface area contributed by atoms with Crippen LogP contribution >= 0.6 is 11.8 Å². The Hall–Kier alpha value is -1.04. The van der Waals surface area contributed by atoms with Crippen LogP contribution in [0.5, 0.6) is 0 Å². The third-order valence-corrected chi connectivity index (χ3v) is 4.27. The molecule has 0 saturated carbocycles. The minimum Gasteiger partial charge on any atom is -0.368 e. The summed E-state index contributed by atoms with van der Waals surface area (Å²) in [7, 11) is 1.61. The lowest BCUT2D eigenvalue weighted by molar-refractivity contribution is -0.140. The molecule has 0 aromatic heterocycles. The second-order valence-electron chi connectivity index (χ2n) is 4.63. The second-order valence-corrected chi connectivity index (χ2v) is 5.51. The van der Waals surface area contributed by atoms with E-state index in [2.05, 4.69) is 10.6 Å². The maximum atomic E-state index is 12.4. The number of thioether (sulfide) groups is 1. The van der Waals surface area contributed by atoms with E-state index < -0.39 is 5.60 Å². The number of carbonyl (C=O) groups is 1. The van der Waals surface area contributed by atoms with E-state index in [-0.39, 0.29) is 5.91 Å². The molecular weight excluding hydrogens is 260 g/mol. The SMILES string of the molecule is COC1(C(=O)Nc2cccc(SC)c2)CCNCC1. The summed E-state index contributed by atoms with van der Waals surface area (Å²) in [6, 6.07) is 7.86. The molecule has 1 saturated heterocycles. The van der Waals surface area contributed by atoms with Gasteiger partial charge in [-0.15, -0.1) is 11.8 Å². The van der Waals surface area contributed by atoms with Crippen LogP contribution in [0.2, 0.25) is 0 Å². The Bertz CT molecular complexity index is 445. The summed E-state index contributed by atoms with van der Waals surface area (Å²) in [5.41, 5.74) is 0.132. The van der Waals surface area contributed by atoms with E-state index in [4.69, 9.17) is 4.74 Å². The smallest absolute Gasteiger partial charge is 0.256 e. The topological polar surface area (TPSA) is 50.4 Å². The van der Waals surface area contributed by atoms with Crippen LogP contribution in [0.25, 0.3) is 0 Å². The number of amides is 1. The lowest BCUT2D eigenvalue weighted by Gasteiger charge is -2.34. The normalized spacial score (nSPS) is 18.0. The van der Waals surface area contributed by atoms with Gasteiger partial charge in [0.05, 0.1) is 0 Å². The Morgan fingerprint density at radius 3 is 2.79 bits per heavy atom. The van der Waals surface area contributed by atoms with Gasteiger partial charge in [0.15, 0.2) is 0 Å². The van der Waals surface area contributed by atoms with E-state index in [1.807, 2.05) is 30.5 Å². The fraction of sp³-hybridized carbons (Fsp3) is 0.500. The number of hydrogen-bond acceptors (Lipinski definition) is 4. The van der Waals surface area contributed by atoms with Crippen LogP contribution in [-0.2, 0) is 9.53 Å². The van der Waals surface area contributed by atoms with Crippen molar-refractivity contribution in [2.45, 2.75) is 23.3 Å². The van der Waals surface area contributed by atoms with Crippen LogP contribution in [0.3, 0.4) is 0 Å². The third kappa shape index (κ3) is 3.29. The lowest BCUT2D eigenvalue weighted by atomic mass is 9.91. The van der Waals surface area contributed by atoms with Gasteiger partial charge in [0.25, 0.3) is 5.91 Å². The van der Waals surface area contributed by atoms with Gasteiger partial charge in [-0.1, -0.05) is 6.07 Å². The molecule has 2 rings (SSSR count). The van der Waals surface area contributed by atoms with E-state index in [0.29, 0.717) is 12.8 Å². The quantitative estimate of drug-likeness (QED) is 0.830. The summed E-state index contributed by atoms with van der Waals surface area (Å²) in [6.07, 6.45) is 3.43. The standard InChI is InChI=1S/C14H20N2O2S/c1-18-14(6-8-15-9-7-14)13(17)16-11-4-3-5-12(10-11)19-2/h3-5,10,15H,6-9H2,1-2H3,(H,16,17). The minimum atomic E-state index is -0.694. The highest BCUT2D eigenvalue weighted by molar-refractivity contribution is 7.98. The summed E-state index contributed by atoms with van der Waals surface area (Å²) in [5.74, 6) is -0.0465. The third-order valence-electron chi connectivity index (χ3n) is 3.54. The van der Waals surface area contributed by atoms with Gasteiger partial charge < -0.3 is 15.4 Å². The number of ether oxygens (including phenoxy) is 1. The van der Waals surface area contributed by atoms with Gasteiger partial charge in [-0.05, 0) is 50.4 Å². The van der Waals surface area contributed by atoms with Gasteiger partial charge in [-0.3, -0.25) is 4.79 Å². The highest BCUT2D eigenvalue weighted by Crippen LogP contribution is 2.25. The first-order valence-electron chi connectivity index (χ1n) is 6.41. The van der Waals surface area contributed by atoms with Crippen molar-refractivity contribution in [3.8, 4) is 0 Å². The zero-order valence-corrected chi connectivity index (χ0v) is 12.2. The molecular formula is C14H20N2O2S. The summed E-state index contributed by atoms with van der Waals surface area (Å²) in [4.78, 5) is 13.6. The molecule has 1 heterocycles. The molecule has 19 heavy (non-hydrogen) atoms. The fourth-order valence-electron chi connectivity index (χ4n) is 2.30. The van der Waals surface area contributed by atoms with Crippen molar-refractivity contribution in [3.63, 3.8) is 0 Å². The maximum absolute atomic E-state index is 12.4. The molecule has 0 radical (unpaired) electrons. The van der Waals surface area contributed by atoms with Crippen molar-refractivity contribution < 1.29 is 9.53 Å². The Labute approximate surface area is 118 Å². The predicted octanol–water partition coefficient (Wildman–Crippen LogP) is 2.12. The molecule has 4 nitrogen and oxygen atoms in total. The summed E-state index contributed by atoms with van der Waals surface area (Å²) in [5, 5.41) is 6.22. The molecule has 0 bridgehead atoms. The largest absolute Gasteiger partial charge is 0.368 e. The van der Waals surface area contributed by atoms with Gasteiger partial charge in [-0.2, -0.15) is 0 Å². The zero-order chi connectivity index (χ0) is 13.7. The number of benzene rings is 1. The highest BCUT2D eigenvalue weighted by Gasteiger charge is 2.39. The zero-order valence-electron chi connectivity index (χ0n) is 11.4. The molecule has 1 aliphatic rings. The average molecular weight is 280 g/mol. The lowest BCUT2D eigenvalue weighted by Crippen LogP contribution is -2.51. The molecule has 0 aliphatic carbocycles. The summed E-state index contributed by atoms with van der Waals surface area (Å²) in [6.45, 7) is 1.62. The van der Waals surface area contributed by atoms with E-state index in [1.54, 1.807) is 18.9 Å². The van der Waals surface area contributed by atoms with Crippen LogP contribution in [0.4, 0.5) is 5.69 Å². The average Bonchev–Trinajstić information content (AvgIpc) is 2.48. The second kappa shape index (κ2) is 6.41. The van der Waals surface area contributed by atoms with Crippen LogP contribution < -0.4 is 10.6 Å². The molecule has 1 aromatic rings. The number of hydrogen-bond donors (Lipinski definition) is 2. The predicted molar refractivity (Wildman–Crippen MR) is 78.7 cm³/mol. The number of anilines is 1. The monoisotopic (exact) mass is 280 g/mol. The van der Waals surface area contributed by atoms with Crippen molar-refractivity contribution in [2.75, 3.05) is 31.8 Å². The van der Waals surface area contributed by atoms with Gasteiger partial charge >= 0.3 is 0 Å². The number of rotatable bonds is 4. The molecule has 2 N–H and O–H groups in total. The van der Waals surface area contributed by atoms with Gasteiger partial charge in [-0.25, -0.2) is 0 Å². The van der Waals surface area contributed by atoms with Crippen molar-refractivity contribution in [3.05, 3.63) is 24.3 Å². The molecule has 0 unspecified atom stereocenters. The first-order valence-corrected chi connectivity index (χ1v) is 7.64. The Kier molecular flexibility index (Phi) is 4.85. The number of nitrogens with one attached hydrogen (secondary N) is 2. The molecule has 5 heteroatoms. The van der Waals surface area contributed by atoms with E-state index in [9.17, 15) is 4.79 Å². The molecule has 0 atom stereocenters. The highest BCUT2D eigenvalue weighted by atomic mass is 32.2. The van der Waals surface area contributed by atoms with Crippen LogP contribution in [0.15, 0.2) is 29.2 Å². The number of piperidine rings is 1. The van der Waals surface area contributed by atoms with Crippen molar-refractivity contribution in [1.82, 2.24) is 5.32 Å². The van der Waals surface area contributed by atoms with E-state index in [0.717, 1.165) is 23.7 Å². The molecule has 1 aromatic carbocycles. The van der Waals surface area contributed by atoms with Crippen LogP contribution in [0.1, 0.15) is 12.8 Å². The molecule has 1 amide bonds. The van der Waals surface area contributed by atoms with Crippen LogP contribution in [-0.4, -0.2) is 38.0 Å². The Balaban J connectivity index is 2.10. The summed E-state index contributed by atoms with van der Waals surface area (Å²) >= 11 is 1.66.